The van der Waals surface area contributed by atoms with Gasteiger partial charge < -0.3 is 15.0 Å². The van der Waals surface area contributed by atoms with E-state index in [2.05, 4.69) is 21.4 Å². The zero-order valence-electron chi connectivity index (χ0n) is 16.4. The van der Waals surface area contributed by atoms with E-state index in [0.29, 0.717) is 17.3 Å². The Morgan fingerprint density at radius 3 is 3.00 bits per heavy atom. The Labute approximate surface area is 179 Å². The van der Waals surface area contributed by atoms with E-state index >= 15 is 0 Å². The fourth-order valence-corrected chi connectivity index (χ4v) is 4.19. The summed E-state index contributed by atoms with van der Waals surface area (Å²) in [5.74, 6) is 0.730. The molecule has 30 heavy (non-hydrogen) atoms. The van der Waals surface area contributed by atoms with Crippen LogP contribution < -0.4 is 10.1 Å². The number of nitrogens with zero attached hydrogens (tertiary/aromatic N) is 1. The van der Waals surface area contributed by atoms with Crippen LogP contribution in [0, 0.1) is 6.92 Å². The van der Waals surface area contributed by atoms with E-state index in [0.717, 1.165) is 45.3 Å². The molecule has 0 saturated heterocycles. The lowest BCUT2D eigenvalue weighted by atomic mass is 10.0. The van der Waals surface area contributed by atoms with Gasteiger partial charge in [0.1, 0.15) is 17.5 Å². The average molecular weight is 418 g/mol. The average Bonchev–Trinajstić information content (AvgIpc) is 3.33. The van der Waals surface area contributed by atoms with Gasteiger partial charge in [0.05, 0.1) is 6.54 Å². The summed E-state index contributed by atoms with van der Waals surface area (Å²) >= 11 is 6.09. The first-order chi connectivity index (χ1) is 14.6. The molecule has 5 rings (SSSR count). The van der Waals surface area contributed by atoms with Crippen molar-refractivity contribution >= 4 is 28.4 Å². The smallest absolute Gasteiger partial charge is 0.268 e. The number of ether oxygens (including phenoxy) is 1. The minimum atomic E-state index is -0.146. The molecule has 5 nitrogen and oxygen atoms in total. The van der Waals surface area contributed by atoms with Crippen molar-refractivity contribution in [1.29, 1.82) is 0 Å². The van der Waals surface area contributed by atoms with Gasteiger partial charge in [-0.3, -0.25) is 9.78 Å². The first-order valence-corrected chi connectivity index (χ1v) is 10.2. The van der Waals surface area contributed by atoms with Gasteiger partial charge >= 0.3 is 0 Å². The number of aromatic amines is 1. The molecule has 1 aliphatic rings. The third-order valence-corrected chi connectivity index (χ3v) is 5.77. The SMILES string of the molecule is Cc1c(C(=O)NCC2Cc3cccc(-c4cccnc4)c3O2)[nH]c2ccc(Cl)cc12. The molecule has 1 atom stereocenters. The van der Waals surface area contributed by atoms with Crippen LogP contribution >= 0.6 is 11.6 Å². The fraction of sp³-hybridized carbons (Fsp3) is 0.167. The Morgan fingerprint density at radius 2 is 2.17 bits per heavy atom. The highest BCUT2D eigenvalue weighted by molar-refractivity contribution is 6.31. The molecule has 1 aliphatic heterocycles. The summed E-state index contributed by atoms with van der Waals surface area (Å²) in [7, 11) is 0. The van der Waals surface area contributed by atoms with Crippen LogP contribution in [-0.4, -0.2) is 28.5 Å². The molecule has 150 valence electrons. The minimum absolute atomic E-state index is 0.110. The summed E-state index contributed by atoms with van der Waals surface area (Å²) in [6.07, 6.45) is 4.23. The number of aryl methyl sites for hydroxylation is 1. The van der Waals surface area contributed by atoms with Crippen LogP contribution in [0.1, 0.15) is 21.6 Å². The van der Waals surface area contributed by atoms with E-state index in [1.54, 1.807) is 6.20 Å². The van der Waals surface area contributed by atoms with Crippen LogP contribution in [0.5, 0.6) is 5.75 Å². The number of halogens is 1. The second-order valence-corrected chi connectivity index (χ2v) is 7.94. The molecule has 3 heterocycles. The molecule has 0 bridgehead atoms. The van der Waals surface area contributed by atoms with Crippen molar-refractivity contribution in [2.45, 2.75) is 19.4 Å². The van der Waals surface area contributed by atoms with Gasteiger partial charge in [-0.1, -0.05) is 35.9 Å². The Morgan fingerprint density at radius 1 is 1.27 bits per heavy atom. The number of carbonyl (C=O) groups excluding carboxylic acids is 1. The van der Waals surface area contributed by atoms with Gasteiger partial charge in [-0.05, 0) is 42.3 Å². The number of H-pyrrole nitrogens is 1. The third kappa shape index (κ3) is 3.31. The van der Waals surface area contributed by atoms with E-state index in [4.69, 9.17) is 16.3 Å². The van der Waals surface area contributed by atoms with Crippen molar-refractivity contribution in [2.75, 3.05) is 6.54 Å². The third-order valence-electron chi connectivity index (χ3n) is 5.54. The maximum atomic E-state index is 12.8. The molecule has 0 spiro atoms. The number of nitrogens with one attached hydrogen (secondary N) is 2. The molecule has 6 heteroatoms. The van der Waals surface area contributed by atoms with Gasteiger partial charge in [0, 0.05) is 45.9 Å². The topological polar surface area (TPSA) is 67.0 Å². The predicted octanol–water partition coefficient (Wildman–Crippen LogP) is 4.93. The van der Waals surface area contributed by atoms with Gasteiger partial charge in [0.25, 0.3) is 5.91 Å². The van der Waals surface area contributed by atoms with Crippen molar-refractivity contribution in [3.05, 3.63) is 82.8 Å². The molecule has 0 aliphatic carbocycles. The lowest BCUT2D eigenvalue weighted by molar-refractivity contribution is 0.0929. The van der Waals surface area contributed by atoms with Crippen LogP contribution in [0.2, 0.25) is 5.02 Å². The van der Waals surface area contributed by atoms with Crippen LogP contribution in [0.4, 0.5) is 0 Å². The van der Waals surface area contributed by atoms with Crippen molar-refractivity contribution in [1.82, 2.24) is 15.3 Å². The predicted molar refractivity (Wildman–Crippen MR) is 118 cm³/mol. The zero-order valence-corrected chi connectivity index (χ0v) is 17.2. The summed E-state index contributed by atoms with van der Waals surface area (Å²) in [5.41, 5.74) is 5.53. The van der Waals surface area contributed by atoms with E-state index < -0.39 is 0 Å². The van der Waals surface area contributed by atoms with Gasteiger partial charge in [-0.2, -0.15) is 0 Å². The van der Waals surface area contributed by atoms with Gasteiger partial charge in [-0.15, -0.1) is 0 Å². The molecule has 2 N–H and O–H groups in total. The van der Waals surface area contributed by atoms with Crippen molar-refractivity contribution in [3.8, 4) is 16.9 Å². The van der Waals surface area contributed by atoms with E-state index in [9.17, 15) is 4.79 Å². The lowest BCUT2D eigenvalue weighted by Crippen LogP contribution is -2.34. The van der Waals surface area contributed by atoms with Crippen LogP contribution in [-0.2, 0) is 6.42 Å². The van der Waals surface area contributed by atoms with Crippen molar-refractivity contribution < 1.29 is 9.53 Å². The number of amides is 1. The molecule has 2 aromatic carbocycles. The number of aromatic nitrogens is 2. The van der Waals surface area contributed by atoms with Crippen molar-refractivity contribution in [3.63, 3.8) is 0 Å². The minimum Gasteiger partial charge on any atom is -0.487 e. The molecule has 0 fully saturated rings. The van der Waals surface area contributed by atoms with E-state index in [1.165, 1.54) is 0 Å². The molecule has 0 saturated carbocycles. The summed E-state index contributed by atoms with van der Waals surface area (Å²) in [4.78, 5) is 20.2. The second-order valence-electron chi connectivity index (χ2n) is 7.50. The molecular weight excluding hydrogens is 398 g/mol. The molecule has 1 amide bonds. The number of fused-ring (bicyclic) bond motifs is 2. The molecule has 1 unspecified atom stereocenters. The van der Waals surface area contributed by atoms with Crippen LogP contribution in [0.15, 0.2) is 60.9 Å². The van der Waals surface area contributed by atoms with Crippen molar-refractivity contribution in [2.24, 2.45) is 0 Å². The second kappa shape index (κ2) is 7.50. The summed E-state index contributed by atoms with van der Waals surface area (Å²) in [6, 6.07) is 15.6. The number of pyridine rings is 1. The lowest BCUT2D eigenvalue weighted by Gasteiger charge is -2.13. The molecule has 0 radical (unpaired) electrons. The van der Waals surface area contributed by atoms with E-state index in [-0.39, 0.29) is 12.0 Å². The molecule has 2 aromatic heterocycles. The number of para-hydroxylation sites is 1. The molecule has 4 aromatic rings. The fourth-order valence-electron chi connectivity index (χ4n) is 4.02. The Kier molecular flexibility index (Phi) is 4.68. The number of carbonyl (C=O) groups is 1. The Hall–Kier alpha value is -3.31. The van der Waals surface area contributed by atoms with Gasteiger partial charge in [-0.25, -0.2) is 0 Å². The highest BCUT2D eigenvalue weighted by Crippen LogP contribution is 2.38. The Balaban J connectivity index is 1.31. The van der Waals surface area contributed by atoms with Gasteiger partial charge in [0.2, 0.25) is 0 Å². The quantitative estimate of drug-likeness (QED) is 0.495. The summed E-state index contributed by atoms with van der Waals surface area (Å²) in [5, 5.41) is 4.62. The first-order valence-electron chi connectivity index (χ1n) is 9.85. The number of benzene rings is 2. The van der Waals surface area contributed by atoms with Gasteiger partial charge in [0.15, 0.2) is 0 Å². The van der Waals surface area contributed by atoms with E-state index in [1.807, 2.05) is 55.6 Å². The zero-order chi connectivity index (χ0) is 20.7. The Bertz CT molecular complexity index is 1250. The first kappa shape index (κ1) is 18.7. The maximum absolute atomic E-state index is 12.8. The standard InChI is InChI=1S/C24H20ClN3O2/c1-14-20-11-17(25)7-8-21(20)28-22(14)24(29)27-13-18-10-15-4-2-6-19(23(15)30-18)16-5-3-9-26-12-16/h2-9,11-12,18,28H,10,13H2,1H3,(H,27,29). The highest BCUT2D eigenvalue weighted by atomic mass is 35.5. The van der Waals surface area contributed by atoms with Crippen LogP contribution in [0.3, 0.4) is 0 Å². The number of hydrogen-bond donors (Lipinski definition) is 2. The van der Waals surface area contributed by atoms with Crippen LogP contribution in [0.25, 0.3) is 22.0 Å². The maximum Gasteiger partial charge on any atom is 0.268 e. The monoisotopic (exact) mass is 417 g/mol. The normalized spacial score (nSPS) is 15.1. The number of rotatable bonds is 4. The number of hydrogen-bond acceptors (Lipinski definition) is 3. The summed E-state index contributed by atoms with van der Waals surface area (Å²) in [6.45, 7) is 2.35. The molecular formula is C24H20ClN3O2. The highest BCUT2D eigenvalue weighted by Gasteiger charge is 2.26. The summed E-state index contributed by atoms with van der Waals surface area (Å²) < 4.78 is 6.21. The largest absolute Gasteiger partial charge is 0.487 e.